The number of methoxy groups -OCH3 is 6. The van der Waals surface area contributed by atoms with Crippen LogP contribution in [0.1, 0.15) is 55.8 Å². The van der Waals surface area contributed by atoms with Crippen molar-refractivity contribution in [2.24, 2.45) is 0 Å². The van der Waals surface area contributed by atoms with E-state index in [0.717, 1.165) is 22.3 Å². The molecule has 1 N–H and O–H groups in total. The summed E-state index contributed by atoms with van der Waals surface area (Å²) < 4.78 is 41.4. The Morgan fingerprint density at radius 1 is 0.783 bits per heavy atom. The fourth-order valence-electron chi connectivity index (χ4n) is 7.25. The summed E-state index contributed by atoms with van der Waals surface area (Å²) >= 11 is 0. The van der Waals surface area contributed by atoms with Crippen molar-refractivity contribution in [2.75, 3.05) is 49.3 Å². The number of ether oxygens (including phenoxy) is 7. The third-order valence-electron chi connectivity index (χ3n) is 9.12. The number of fused-ring (bicyclic) bond motifs is 7. The molecule has 3 aliphatic rings. The van der Waals surface area contributed by atoms with Crippen LogP contribution in [0.5, 0.6) is 34.5 Å². The minimum Gasteiger partial charge on any atom is -0.496 e. The molecular weight excluding hydrogens is 592 g/mol. The van der Waals surface area contributed by atoms with Gasteiger partial charge in [0, 0.05) is 45.5 Å². The summed E-state index contributed by atoms with van der Waals surface area (Å²) in [6, 6.07) is 6.85. The molecule has 46 heavy (non-hydrogen) atoms. The molecule has 0 radical (unpaired) electrons. The standard InChI is InChI=1S/C35H38N2O9/c1-17-28(40-3)20-14-22-34(38)37-23(27(36-22)26(20)33(45-8)31(17)43-6)15-21-25(32(44-7)30(42-5)18(2)29(21)41-4)24(37)16-46-35(39)19-12-10-9-11-13-19/h9-13,15,22,24,27,36H,14,16H2,1-8H3/t22-,24+,27-/m0/s1. The lowest BCUT2D eigenvalue weighted by atomic mass is 9.78. The van der Waals surface area contributed by atoms with Crippen molar-refractivity contribution >= 4 is 18.0 Å². The number of hydrogen-bond acceptors (Lipinski definition) is 10. The molecule has 3 heterocycles. The summed E-state index contributed by atoms with van der Waals surface area (Å²) in [4.78, 5) is 29.5. The number of rotatable bonds is 9. The fourth-order valence-corrected chi connectivity index (χ4v) is 7.25. The van der Waals surface area contributed by atoms with Crippen LogP contribution < -0.4 is 33.7 Å². The first kappa shape index (κ1) is 31.1. The molecule has 1 saturated heterocycles. The van der Waals surface area contributed by atoms with Gasteiger partial charge in [-0.3, -0.25) is 10.1 Å². The number of carbonyl (C=O) groups excluding carboxylic acids is 2. The predicted molar refractivity (Wildman–Crippen MR) is 169 cm³/mol. The van der Waals surface area contributed by atoms with Crippen LogP contribution >= 0.6 is 0 Å². The summed E-state index contributed by atoms with van der Waals surface area (Å²) in [5, 5.41) is 3.55. The number of piperazine rings is 1. The second kappa shape index (κ2) is 12.1. The molecule has 3 aromatic carbocycles. The molecule has 3 aliphatic heterocycles. The zero-order valence-corrected chi connectivity index (χ0v) is 27.2. The van der Waals surface area contributed by atoms with E-state index >= 15 is 0 Å². The molecule has 242 valence electrons. The van der Waals surface area contributed by atoms with Crippen molar-refractivity contribution in [1.29, 1.82) is 0 Å². The van der Waals surface area contributed by atoms with Gasteiger partial charge >= 0.3 is 5.97 Å². The fraction of sp³-hybridized carbons (Fsp3) is 0.371. The molecule has 0 unspecified atom stereocenters. The molecule has 0 spiro atoms. The monoisotopic (exact) mass is 630 g/mol. The lowest BCUT2D eigenvalue weighted by Gasteiger charge is -2.50. The maximum Gasteiger partial charge on any atom is 0.338 e. The van der Waals surface area contributed by atoms with Crippen LogP contribution in [0.2, 0.25) is 0 Å². The maximum absolute atomic E-state index is 14.5. The molecule has 0 aliphatic carbocycles. The Labute approximate surface area is 267 Å². The summed E-state index contributed by atoms with van der Waals surface area (Å²) in [6.45, 7) is 3.64. The van der Waals surface area contributed by atoms with Gasteiger partial charge in [0.2, 0.25) is 5.91 Å². The Morgan fingerprint density at radius 2 is 1.35 bits per heavy atom. The number of nitrogens with zero attached hydrogens (tertiary/aromatic N) is 1. The third-order valence-corrected chi connectivity index (χ3v) is 9.12. The summed E-state index contributed by atoms with van der Waals surface area (Å²) in [6.07, 6.45) is 2.28. The van der Waals surface area contributed by atoms with Gasteiger partial charge in [0.05, 0.1) is 60.3 Å². The van der Waals surface area contributed by atoms with Gasteiger partial charge in [-0.15, -0.1) is 0 Å². The van der Waals surface area contributed by atoms with Crippen LogP contribution in [0.3, 0.4) is 0 Å². The second-order valence-electron chi connectivity index (χ2n) is 11.3. The van der Waals surface area contributed by atoms with Gasteiger partial charge in [-0.25, -0.2) is 4.79 Å². The molecule has 11 nitrogen and oxygen atoms in total. The van der Waals surface area contributed by atoms with Crippen molar-refractivity contribution in [1.82, 2.24) is 10.2 Å². The van der Waals surface area contributed by atoms with Gasteiger partial charge in [-0.2, -0.15) is 0 Å². The minimum atomic E-state index is -0.776. The first-order valence-corrected chi connectivity index (χ1v) is 14.9. The largest absolute Gasteiger partial charge is 0.496 e. The van der Waals surface area contributed by atoms with Gasteiger partial charge in [-0.1, -0.05) is 18.2 Å². The van der Waals surface area contributed by atoms with Crippen molar-refractivity contribution in [3.05, 3.63) is 75.0 Å². The molecule has 11 heteroatoms. The molecule has 3 aromatic rings. The van der Waals surface area contributed by atoms with Gasteiger partial charge in [0.15, 0.2) is 23.0 Å². The first-order valence-electron chi connectivity index (χ1n) is 14.9. The third kappa shape index (κ3) is 4.52. The normalized spacial score (nSPS) is 19.2. The summed E-state index contributed by atoms with van der Waals surface area (Å²) in [5.74, 6) is 2.50. The van der Waals surface area contributed by atoms with Crippen molar-refractivity contribution < 1.29 is 42.7 Å². The molecule has 0 aromatic heterocycles. The summed E-state index contributed by atoms with van der Waals surface area (Å²) in [7, 11) is 9.49. The average molecular weight is 631 g/mol. The van der Waals surface area contributed by atoms with E-state index in [-0.39, 0.29) is 12.5 Å². The SMILES string of the molecule is COc1c(C)c(OC)c(OC)c2c1C=C1[C@@H]3N[C@@H](Cc4c(OC)c(C)c(OC)c(OC)c43)C(=O)N1[C@@H]2COC(=O)c1ccccc1. The molecule has 0 saturated carbocycles. The lowest BCUT2D eigenvalue weighted by molar-refractivity contribution is -0.138. The Bertz CT molecular complexity index is 1750. The van der Waals surface area contributed by atoms with E-state index in [0.29, 0.717) is 63.3 Å². The van der Waals surface area contributed by atoms with Gasteiger partial charge < -0.3 is 38.1 Å². The molecule has 2 bridgehead atoms. The first-order chi connectivity index (χ1) is 22.3. The van der Waals surface area contributed by atoms with Crippen LogP contribution in [0.25, 0.3) is 6.08 Å². The number of esters is 1. The van der Waals surface area contributed by atoms with Gasteiger partial charge in [-0.05, 0) is 32.1 Å². The van der Waals surface area contributed by atoms with Crippen LogP contribution in [-0.4, -0.2) is 72.1 Å². The van der Waals surface area contributed by atoms with Crippen LogP contribution in [0.4, 0.5) is 0 Å². The van der Waals surface area contributed by atoms with E-state index in [4.69, 9.17) is 33.2 Å². The number of nitrogens with one attached hydrogen (secondary N) is 1. The molecule has 3 atom stereocenters. The number of benzene rings is 3. The van der Waals surface area contributed by atoms with Gasteiger partial charge in [0.25, 0.3) is 0 Å². The summed E-state index contributed by atoms with van der Waals surface area (Å²) in [5.41, 5.74) is 5.52. The Hall–Kier alpha value is -4.90. The van der Waals surface area contributed by atoms with Gasteiger partial charge in [0.1, 0.15) is 24.1 Å². The Balaban J connectivity index is 1.61. The molecule has 6 rings (SSSR count). The van der Waals surface area contributed by atoms with Crippen molar-refractivity contribution in [3.63, 3.8) is 0 Å². The Kier molecular flexibility index (Phi) is 8.20. The zero-order valence-electron chi connectivity index (χ0n) is 27.2. The van der Waals surface area contributed by atoms with Crippen molar-refractivity contribution in [2.45, 2.75) is 38.4 Å². The maximum atomic E-state index is 14.5. The molecule has 1 fully saturated rings. The van der Waals surface area contributed by atoms with E-state index in [1.54, 1.807) is 71.8 Å². The average Bonchev–Trinajstić information content (AvgIpc) is 3.08. The van der Waals surface area contributed by atoms with E-state index in [1.165, 1.54) is 0 Å². The molecule has 1 amide bonds. The van der Waals surface area contributed by atoms with E-state index in [9.17, 15) is 9.59 Å². The van der Waals surface area contributed by atoms with Crippen molar-refractivity contribution in [3.8, 4) is 34.5 Å². The predicted octanol–water partition coefficient (Wildman–Crippen LogP) is 4.71. The number of amides is 1. The quantitative estimate of drug-likeness (QED) is 0.334. The molecular formula is C35H38N2O9. The highest BCUT2D eigenvalue weighted by Crippen LogP contribution is 2.57. The van der Waals surface area contributed by atoms with E-state index in [2.05, 4.69) is 5.32 Å². The smallest absolute Gasteiger partial charge is 0.338 e. The lowest BCUT2D eigenvalue weighted by Crippen LogP contribution is -2.60. The van der Waals surface area contributed by atoms with E-state index < -0.39 is 24.1 Å². The number of hydrogen-bond donors (Lipinski definition) is 1. The van der Waals surface area contributed by atoms with Crippen LogP contribution in [0.15, 0.2) is 36.0 Å². The highest BCUT2D eigenvalue weighted by Gasteiger charge is 2.51. The van der Waals surface area contributed by atoms with Crippen LogP contribution in [-0.2, 0) is 16.0 Å². The minimum absolute atomic E-state index is 0.153. The van der Waals surface area contributed by atoms with E-state index in [1.807, 2.05) is 26.0 Å². The van der Waals surface area contributed by atoms with Crippen LogP contribution in [0, 0.1) is 13.8 Å². The Morgan fingerprint density at radius 3 is 1.93 bits per heavy atom. The highest BCUT2D eigenvalue weighted by atomic mass is 16.5. The zero-order chi connectivity index (χ0) is 32.9. The number of carbonyl (C=O) groups is 2. The topological polar surface area (TPSA) is 114 Å². The second-order valence-corrected chi connectivity index (χ2v) is 11.3. The highest BCUT2D eigenvalue weighted by molar-refractivity contribution is 5.92.